The van der Waals surface area contributed by atoms with Crippen LogP contribution in [0.4, 0.5) is 5.69 Å². The molecule has 0 saturated carbocycles. The van der Waals surface area contributed by atoms with Crippen LogP contribution in [0.1, 0.15) is 29.3 Å². The van der Waals surface area contributed by atoms with Gasteiger partial charge in [-0.1, -0.05) is 15.9 Å². The summed E-state index contributed by atoms with van der Waals surface area (Å²) in [6.45, 7) is 1.47. The lowest BCUT2D eigenvalue weighted by Crippen LogP contribution is -2.22. The topological polar surface area (TPSA) is 46.2 Å². The summed E-state index contributed by atoms with van der Waals surface area (Å²) in [5, 5.41) is 2.72. The Bertz CT molecular complexity index is 456. The Kier molecular flexibility index (Phi) is 3.10. The molecular weight excluding hydrogens is 270 g/mol. The zero-order chi connectivity index (χ0) is 11.7. The Balaban J connectivity index is 2.33. The second-order valence-electron chi connectivity index (χ2n) is 3.92. The van der Waals surface area contributed by atoms with E-state index in [1.807, 2.05) is 6.07 Å². The molecule has 84 valence electrons. The van der Waals surface area contributed by atoms with Crippen LogP contribution < -0.4 is 5.32 Å². The van der Waals surface area contributed by atoms with Crippen molar-refractivity contribution in [2.24, 2.45) is 0 Å². The number of carbonyl (C=O) groups excluding carboxylic acids is 2. The van der Waals surface area contributed by atoms with E-state index in [0.29, 0.717) is 0 Å². The van der Waals surface area contributed by atoms with Crippen molar-refractivity contribution in [2.75, 3.05) is 5.32 Å². The van der Waals surface area contributed by atoms with Gasteiger partial charge in [0.2, 0.25) is 5.91 Å². The predicted octanol–water partition coefficient (Wildman–Crippen LogP) is 2.54. The molecule has 1 N–H and O–H groups in total. The van der Waals surface area contributed by atoms with Crippen LogP contribution in [0.2, 0.25) is 0 Å². The highest BCUT2D eigenvalue weighted by atomic mass is 79.9. The minimum atomic E-state index is -0.0968. The molecule has 1 aromatic carbocycles. The molecule has 3 nitrogen and oxygen atoms in total. The first kappa shape index (κ1) is 11.3. The fourth-order valence-corrected chi connectivity index (χ4v) is 2.38. The number of ketones is 1. The third kappa shape index (κ3) is 2.16. The Morgan fingerprint density at radius 3 is 2.94 bits per heavy atom. The van der Waals surface area contributed by atoms with Crippen LogP contribution in [0.15, 0.2) is 18.2 Å². The number of rotatable bonds is 1. The first-order valence-electron chi connectivity index (χ1n) is 5.16. The Hall–Kier alpha value is -1.16. The summed E-state index contributed by atoms with van der Waals surface area (Å²) in [6, 6.07) is 5.44. The smallest absolute Gasteiger partial charge is 0.221 e. The Labute approximate surface area is 102 Å². The van der Waals surface area contributed by atoms with Crippen molar-refractivity contribution >= 4 is 33.3 Å². The van der Waals surface area contributed by atoms with Crippen molar-refractivity contribution in [3.8, 4) is 0 Å². The summed E-state index contributed by atoms with van der Waals surface area (Å²) < 4.78 is 0. The second kappa shape index (κ2) is 4.37. The van der Waals surface area contributed by atoms with E-state index in [0.717, 1.165) is 29.7 Å². The van der Waals surface area contributed by atoms with Crippen molar-refractivity contribution in [3.63, 3.8) is 0 Å². The van der Waals surface area contributed by atoms with Gasteiger partial charge in [-0.05, 0) is 36.6 Å². The van der Waals surface area contributed by atoms with Crippen LogP contribution in [0.5, 0.6) is 0 Å². The number of Topliss-reactive ketones (excluding diaryl/α,β-unsaturated/α-hetero) is 1. The van der Waals surface area contributed by atoms with E-state index in [1.54, 1.807) is 12.1 Å². The molecule has 1 aliphatic carbocycles. The third-order valence-electron chi connectivity index (χ3n) is 2.64. The van der Waals surface area contributed by atoms with E-state index in [-0.39, 0.29) is 16.5 Å². The maximum atomic E-state index is 11.8. The number of aryl methyl sites for hydroxylation is 1. The highest BCUT2D eigenvalue weighted by Crippen LogP contribution is 2.27. The molecule has 1 aromatic rings. The van der Waals surface area contributed by atoms with E-state index in [2.05, 4.69) is 21.2 Å². The number of carbonyl (C=O) groups is 2. The minimum Gasteiger partial charge on any atom is -0.326 e. The van der Waals surface area contributed by atoms with Crippen LogP contribution in [-0.4, -0.2) is 16.5 Å². The quantitative estimate of drug-likeness (QED) is 0.804. The minimum absolute atomic E-state index is 0.0633. The predicted molar refractivity (Wildman–Crippen MR) is 66.1 cm³/mol. The number of halogens is 1. The van der Waals surface area contributed by atoms with E-state index in [1.165, 1.54) is 6.92 Å². The van der Waals surface area contributed by atoms with Gasteiger partial charge in [-0.15, -0.1) is 0 Å². The third-order valence-corrected chi connectivity index (χ3v) is 3.52. The van der Waals surface area contributed by atoms with Gasteiger partial charge in [0.15, 0.2) is 5.78 Å². The number of amides is 1. The molecule has 0 radical (unpaired) electrons. The molecule has 16 heavy (non-hydrogen) atoms. The fourth-order valence-electron chi connectivity index (χ4n) is 1.90. The van der Waals surface area contributed by atoms with Gasteiger partial charge in [0.1, 0.15) is 0 Å². The number of nitrogens with one attached hydrogen (secondary N) is 1. The summed E-state index contributed by atoms with van der Waals surface area (Å²) in [5.74, 6) is 0.0380. The van der Waals surface area contributed by atoms with Crippen LogP contribution in [-0.2, 0) is 11.2 Å². The van der Waals surface area contributed by atoms with Gasteiger partial charge >= 0.3 is 0 Å². The van der Waals surface area contributed by atoms with Crippen LogP contribution in [0.3, 0.4) is 0 Å². The first-order chi connectivity index (χ1) is 7.58. The van der Waals surface area contributed by atoms with Crippen LogP contribution >= 0.6 is 15.9 Å². The SMILES string of the molecule is CC(=O)Nc1ccc2c(c1)CCC(Br)C2=O. The monoisotopic (exact) mass is 281 g/mol. The second-order valence-corrected chi connectivity index (χ2v) is 5.03. The van der Waals surface area contributed by atoms with E-state index >= 15 is 0 Å². The molecule has 0 spiro atoms. The van der Waals surface area contributed by atoms with Crippen molar-refractivity contribution in [2.45, 2.75) is 24.6 Å². The molecule has 1 atom stereocenters. The first-order valence-corrected chi connectivity index (χ1v) is 6.08. The van der Waals surface area contributed by atoms with Crippen molar-refractivity contribution in [1.29, 1.82) is 0 Å². The highest BCUT2D eigenvalue weighted by Gasteiger charge is 2.25. The average molecular weight is 282 g/mol. The normalized spacial score (nSPS) is 19.1. The zero-order valence-corrected chi connectivity index (χ0v) is 10.5. The van der Waals surface area contributed by atoms with Crippen LogP contribution in [0.25, 0.3) is 0 Å². The van der Waals surface area contributed by atoms with E-state index < -0.39 is 0 Å². The summed E-state index contributed by atoms with van der Waals surface area (Å²) in [6.07, 6.45) is 1.68. The molecule has 1 aliphatic rings. The van der Waals surface area contributed by atoms with Gasteiger partial charge in [-0.2, -0.15) is 0 Å². The van der Waals surface area contributed by atoms with Gasteiger partial charge in [-0.25, -0.2) is 0 Å². The Morgan fingerprint density at radius 2 is 2.25 bits per heavy atom. The molecule has 0 fully saturated rings. The largest absolute Gasteiger partial charge is 0.326 e. The molecule has 1 amide bonds. The van der Waals surface area contributed by atoms with Gasteiger partial charge in [0.25, 0.3) is 0 Å². The molecule has 1 unspecified atom stereocenters. The molecule has 4 heteroatoms. The van der Waals surface area contributed by atoms with Gasteiger partial charge < -0.3 is 5.32 Å². The summed E-state index contributed by atoms with van der Waals surface area (Å²) in [4.78, 5) is 22.7. The van der Waals surface area contributed by atoms with Gasteiger partial charge in [-0.3, -0.25) is 9.59 Å². The van der Waals surface area contributed by atoms with Crippen molar-refractivity contribution < 1.29 is 9.59 Å². The molecule has 0 aromatic heterocycles. The molecule has 2 rings (SSSR count). The fraction of sp³-hybridized carbons (Fsp3) is 0.333. The lowest BCUT2D eigenvalue weighted by Gasteiger charge is -2.19. The lowest BCUT2D eigenvalue weighted by atomic mass is 9.90. The number of alkyl halides is 1. The zero-order valence-electron chi connectivity index (χ0n) is 8.92. The molecule has 0 heterocycles. The maximum Gasteiger partial charge on any atom is 0.221 e. The molecular formula is C12H12BrNO2. The summed E-state index contributed by atoms with van der Waals surface area (Å²) >= 11 is 3.36. The standard InChI is InChI=1S/C12H12BrNO2/c1-7(15)14-9-3-4-10-8(6-9)2-5-11(13)12(10)16/h3-4,6,11H,2,5H2,1H3,(H,14,15). The van der Waals surface area contributed by atoms with Crippen LogP contribution in [0, 0.1) is 0 Å². The number of hydrogen-bond acceptors (Lipinski definition) is 2. The maximum absolute atomic E-state index is 11.8. The van der Waals surface area contributed by atoms with E-state index in [9.17, 15) is 9.59 Å². The Morgan fingerprint density at radius 1 is 1.50 bits per heavy atom. The van der Waals surface area contributed by atoms with Gasteiger partial charge in [0, 0.05) is 18.2 Å². The summed E-state index contributed by atoms with van der Waals surface area (Å²) in [7, 11) is 0. The number of fused-ring (bicyclic) bond motifs is 1. The molecule has 0 aliphatic heterocycles. The number of anilines is 1. The lowest BCUT2D eigenvalue weighted by molar-refractivity contribution is -0.114. The molecule has 0 saturated heterocycles. The average Bonchev–Trinajstić information content (AvgIpc) is 2.23. The number of hydrogen-bond donors (Lipinski definition) is 1. The molecule has 0 bridgehead atoms. The van der Waals surface area contributed by atoms with Gasteiger partial charge in [0.05, 0.1) is 4.83 Å². The van der Waals surface area contributed by atoms with E-state index in [4.69, 9.17) is 0 Å². The highest BCUT2D eigenvalue weighted by molar-refractivity contribution is 9.10. The summed E-state index contributed by atoms with van der Waals surface area (Å²) in [5.41, 5.74) is 2.54. The number of benzene rings is 1. The van der Waals surface area contributed by atoms with Crippen molar-refractivity contribution in [1.82, 2.24) is 0 Å². The van der Waals surface area contributed by atoms with Crippen molar-refractivity contribution in [3.05, 3.63) is 29.3 Å².